The van der Waals surface area contributed by atoms with Crippen LogP contribution in [0.4, 0.5) is 0 Å². The van der Waals surface area contributed by atoms with Gasteiger partial charge in [-0.3, -0.25) is 4.90 Å². The Morgan fingerprint density at radius 1 is 1.19 bits per heavy atom. The third-order valence-corrected chi connectivity index (χ3v) is 6.04. The number of piperidine rings is 1. The van der Waals surface area contributed by atoms with Crippen LogP contribution in [0.2, 0.25) is 0 Å². The van der Waals surface area contributed by atoms with E-state index in [0.717, 1.165) is 44.6 Å². The fraction of sp³-hybridized carbons (Fsp3) is 1.00. The van der Waals surface area contributed by atoms with Gasteiger partial charge >= 0.3 is 0 Å². The zero-order chi connectivity index (χ0) is 14.7. The highest BCUT2D eigenvalue weighted by atomic mass is 16.5. The highest BCUT2D eigenvalue weighted by molar-refractivity contribution is 4.94. The van der Waals surface area contributed by atoms with Crippen LogP contribution in [0.5, 0.6) is 0 Å². The van der Waals surface area contributed by atoms with Crippen LogP contribution in [-0.4, -0.2) is 62.5 Å². The van der Waals surface area contributed by atoms with E-state index in [-0.39, 0.29) is 5.60 Å². The summed E-state index contributed by atoms with van der Waals surface area (Å²) in [6, 6.07) is 1.35. The molecule has 122 valence electrons. The minimum Gasteiger partial charge on any atom is -0.381 e. The van der Waals surface area contributed by atoms with Crippen molar-refractivity contribution in [3.05, 3.63) is 0 Å². The van der Waals surface area contributed by atoms with Crippen molar-refractivity contribution in [2.45, 2.75) is 63.1 Å². The number of hydrogen-bond acceptors (Lipinski definition) is 4. The fourth-order valence-corrected chi connectivity index (χ4v) is 4.42. The smallest absolute Gasteiger partial charge is 0.0741 e. The Morgan fingerprint density at radius 2 is 2.00 bits per heavy atom. The lowest BCUT2D eigenvalue weighted by Crippen LogP contribution is -2.54. The van der Waals surface area contributed by atoms with Gasteiger partial charge in [0.05, 0.1) is 5.60 Å². The average Bonchev–Trinajstić information content (AvgIpc) is 2.55. The molecule has 0 aromatic rings. The molecule has 0 amide bonds. The molecule has 3 unspecified atom stereocenters. The molecule has 3 aliphatic rings. The van der Waals surface area contributed by atoms with Gasteiger partial charge in [-0.1, -0.05) is 0 Å². The van der Waals surface area contributed by atoms with Crippen LogP contribution in [-0.2, 0) is 9.47 Å². The third-order valence-electron chi connectivity index (χ3n) is 6.04. The maximum atomic E-state index is 6.20. The van der Waals surface area contributed by atoms with E-state index in [4.69, 9.17) is 9.47 Å². The minimum atomic E-state index is 0.128. The van der Waals surface area contributed by atoms with Crippen LogP contribution in [0.25, 0.3) is 0 Å². The molecule has 3 heterocycles. The molecule has 3 fully saturated rings. The number of nitrogens with zero attached hydrogens (tertiary/aromatic N) is 1. The molecule has 3 saturated heterocycles. The molecular formula is C17H32N2O2. The first-order chi connectivity index (χ1) is 10.2. The predicted molar refractivity (Wildman–Crippen MR) is 84.6 cm³/mol. The van der Waals surface area contributed by atoms with Crippen molar-refractivity contribution < 1.29 is 9.47 Å². The molecule has 0 aromatic heterocycles. The monoisotopic (exact) mass is 296 g/mol. The molecule has 1 spiro atoms. The van der Waals surface area contributed by atoms with Crippen LogP contribution in [0, 0.1) is 5.92 Å². The van der Waals surface area contributed by atoms with Gasteiger partial charge in [0.1, 0.15) is 0 Å². The first-order valence-corrected chi connectivity index (χ1v) is 8.85. The summed E-state index contributed by atoms with van der Waals surface area (Å²) in [6.45, 7) is 7.58. The number of nitrogens with one attached hydrogen (secondary N) is 1. The first-order valence-electron chi connectivity index (χ1n) is 8.85. The molecule has 0 bridgehead atoms. The highest BCUT2D eigenvalue weighted by Gasteiger charge is 2.41. The molecule has 4 nitrogen and oxygen atoms in total. The van der Waals surface area contributed by atoms with Crippen molar-refractivity contribution in [1.82, 2.24) is 10.2 Å². The molecular weight excluding hydrogens is 264 g/mol. The summed E-state index contributed by atoms with van der Waals surface area (Å²) >= 11 is 0. The summed E-state index contributed by atoms with van der Waals surface area (Å²) in [5.74, 6) is 0.803. The molecule has 3 atom stereocenters. The van der Waals surface area contributed by atoms with Crippen molar-refractivity contribution in [3.63, 3.8) is 0 Å². The van der Waals surface area contributed by atoms with Crippen LogP contribution in [0.1, 0.15) is 45.4 Å². The normalized spacial score (nSPS) is 35.7. The summed E-state index contributed by atoms with van der Waals surface area (Å²) in [7, 11) is 2.09. The number of likely N-dealkylation sites (tertiary alicyclic amines) is 1. The summed E-state index contributed by atoms with van der Waals surface area (Å²) < 4.78 is 11.7. The third kappa shape index (κ3) is 3.61. The molecule has 0 aromatic carbocycles. The number of rotatable bonds is 3. The zero-order valence-electron chi connectivity index (χ0n) is 13.8. The molecule has 21 heavy (non-hydrogen) atoms. The van der Waals surface area contributed by atoms with E-state index in [2.05, 4.69) is 24.2 Å². The van der Waals surface area contributed by atoms with Gasteiger partial charge in [-0.2, -0.15) is 0 Å². The van der Waals surface area contributed by atoms with E-state index in [1.807, 2.05) is 0 Å². The van der Waals surface area contributed by atoms with Crippen LogP contribution in [0.15, 0.2) is 0 Å². The van der Waals surface area contributed by atoms with Gasteiger partial charge in [0.15, 0.2) is 0 Å². The average molecular weight is 296 g/mol. The van der Waals surface area contributed by atoms with Gasteiger partial charge < -0.3 is 14.8 Å². The molecule has 0 radical (unpaired) electrons. The van der Waals surface area contributed by atoms with E-state index in [1.54, 1.807) is 0 Å². The Hall–Kier alpha value is -0.160. The Morgan fingerprint density at radius 3 is 2.76 bits per heavy atom. The van der Waals surface area contributed by atoms with Crippen molar-refractivity contribution >= 4 is 0 Å². The van der Waals surface area contributed by atoms with Gasteiger partial charge in [0, 0.05) is 38.4 Å². The lowest BCUT2D eigenvalue weighted by Gasteiger charge is -2.48. The summed E-state index contributed by atoms with van der Waals surface area (Å²) in [5, 5.41) is 3.45. The van der Waals surface area contributed by atoms with Crippen molar-refractivity contribution in [3.8, 4) is 0 Å². The first kappa shape index (κ1) is 15.7. The van der Waals surface area contributed by atoms with Gasteiger partial charge in [-0.05, 0) is 65.0 Å². The topological polar surface area (TPSA) is 33.7 Å². The van der Waals surface area contributed by atoms with Gasteiger partial charge in [-0.15, -0.1) is 0 Å². The van der Waals surface area contributed by atoms with E-state index < -0.39 is 0 Å². The Kier molecular flexibility index (Phi) is 5.20. The van der Waals surface area contributed by atoms with Crippen LogP contribution >= 0.6 is 0 Å². The maximum absolute atomic E-state index is 6.20. The van der Waals surface area contributed by atoms with Crippen LogP contribution in [0.3, 0.4) is 0 Å². The van der Waals surface area contributed by atoms with Crippen molar-refractivity contribution in [2.24, 2.45) is 5.92 Å². The fourth-order valence-electron chi connectivity index (χ4n) is 4.42. The second-order valence-electron chi connectivity index (χ2n) is 7.27. The minimum absolute atomic E-state index is 0.128. The van der Waals surface area contributed by atoms with Gasteiger partial charge in [0.2, 0.25) is 0 Å². The SMILES string of the molecule is CNC(C)C1CCCN(C2CCOC3(CCOCC3)C2)C1. The highest BCUT2D eigenvalue weighted by Crippen LogP contribution is 2.37. The number of ether oxygens (including phenoxy) is 2. The largest absolute Gasteiger partial charge is 0.381 e. The summed E-state index contributed by atoms with van der Waals surface area (Å²) in [4.78, 5) is 2.77. The lowest BCUT2D eigenvalue weighted by atomic mass is 9.82. The Bertz CT molecular complexity index is 325. The van der Waals surface area contributed by atoms with Gasteiger partial charge in [0.25, 0.3) is 0 Å². The summed E-state index contributed by atoms with van der Waals surface area (Å²) in [5.41, 5.74) is 0.128. The second kappa shape index (κ2) is 6.95. The molecule has 3 aliphatic heterocycles. The second-order valence-corrected chi connectivity index (χ2v) is 7.27. The molecule has 1 N–H and O–H groups in total. The van der Waals surface area contributed by atoms with E-state index in [1.165, 1.54) is 38.8 Å². The maximum Gasteiger partial charge on any atom is 0.0741 e. The Labute approximate surface area is 129 Å². The van der Waals surface area contributed by atoms with Crippen LogP contribution < -0.4 is 5.32 Å². The molecule has 0 saturated carbocycles. The molecule has 4 heteroatoms. The van der Waals surface area contributed by atoms with Crippen molar-refractivity contribution in [1.29, 1.82) is 0 Å². The van der Waals surface area contributed by atoms with Crippen molar-refractivity contribution in [2.75, 3.05) is 40.0 Å². The summed E-state index contributed by atoms with van der Waals surface area (Å²) in [6.07, 6.45) is 7.34. The van der Waals surface area contributed by atoms with E-state index in [9.17, 15) is 0 Å². The predicted octanol–water partition coefficient (Wildman–Crippen LogP) is 2.03. The van der Waals surface area contributed by atoms with E-state index >= 15 is 0 Å². The quantitative estimate of drug-likeness (QED) is 0.864. The Balaban J connectivity index is 1.60. The standard InChI is InChI=1S/C17H32N2O2/c1-14(18-2)15-4-3-8-19(13-15)16-5-9-21-17(12-16)6-10-20-11-7-17/h14-16,18H,3-13H2,1-2H3. The van der Waals surface area contributed by atoms with E-state index in [0.29, 0.717) is 6.04 Å². The number of hydrogen-bond donors (Lipinski definition) is 1. The van der Waals surface area contributed by atoms with Gasteiger partial charge in [-0.25, -0.2) is 0 Å². The lowest BCUT2D eigenvalue weighted by molar-refractivity contribution is -0.153. The molecule has 0 aliphatic carbocycles. The zero-order valence-corrected chi connectivity index (χ0v) is 13.8. The molecule has 3 rings (SSSR count).